The van der Waals surface area contributed by atoms with E-state index in [1.807, 2.05) is 0 Å². The van der Waals surface area contributed by atoms with Gasteiger partial charge in [-0.1, -0.05) is 12.8 Å². The van der Waals surface area contributed by atoms with E-state index in [4.69, 9.17) is 4.74 Å². The molecule has 0 amide bonds. The minimum absolute atomic E-state index is 0.325. The predicted molar refractivity (Wildman–Crippen MR) is 66.0 cm³/mol. The molecule has 0 saturated heterocycles. The fraction of sp³-hybridized carbons (Fsp3) is 0.500. The van der Waals surface area contributed by atoms with Gasteiger partial charge in [0.1, 0.15) is 17.1 Å². The molecule has 0 radical (unpaired) electrons. The Morgan fingerprint density at radius 3 is 2.61 bits per heavy atom. The first kappa shape index (κ1) is 12.8. The Morgan fingerprint density at radius 2 is 2.06 bits per heavy atom. The summed E-state index contributed by atoms with van der Waals surface area (Å²) in [6.45, 7) is 1.79. The van der Waals surface area contributed by atoms with E-state index in [2.05, 4.69) is 4.99 Å². The highest BCUT2D eigenvalue weighted by atomic mass is 19.1. The molecule has 0 atom stereocenters. The normalized spacial score (nSPS) is 17.3. The second-order valence-electron chi connectivity index (χ2n) is 4.74. The Bertz CT molecular complexity index is 501. The number of carbonyl (C=O) groups excluding carboxylic acids is 1. The van der Waals surface area contributed by atoms with Crippen LogP contribution in [0.15, 0.2) is 17.1 Å². The largest absolute Gasteiger partial charge is 0.496 e. The van der Waals surface area contributed by atoms with Crippen molar-refractivity contribution in [3.63, 3.8) is 0 Å². The van der Waals surface area contributed by atoms with Gasteiger partial charge in [0.25, 0.3) is 0 Å². The number of nitrogens with zero attached hydrogens (tertiary/aromatic N) is 1. The van der Waals surface area contributed by atoms with Gasteiger partial charge in [-0.3, -0.25) is 0 Å². The number of aryl methyl sites for hydroxylation is 1. The zero-order valence-corrected chi connectivity index (χ0v) is 10.6. The number of methoxy groups -OCH3 is 1. The van der Waals surface area contributed by atoms with Crippen molar-refractivity contribution in [2.24, 2.45) is 4.99 Å². The minimum atomic E-state index is -0.743. The van der Waals surface area contributed by atoms with Crippen LogP contribution in [0.1, 0.15) is 36.8 Å². The molecule has 1 aliphatic carbocycles. The second kappa shape index (κ2) is 4.91. The summed E-state index contributed by atoms with van der Waals surface area (Å²) in [7, 11) is 1.55. The van der Waals surface area contributed by atoms with E-state index in [1.54, 1.807) is 26.2 Å². The molecule has 0 aromatic heterocycles. The maximum absolute atomic E-state index is 14.1. The van der Waals surface area contributed by atoms with E-state index >= 15 is 0 Å². The average molecular weight is 249 g/mol. The van der Waals surface area contributed by atoms with Crippen LogP contribution in [0.3, 0.4) is 0 Å². The Morgan fingerprint density at radius 1 is 1.39 bits per heavy atom. The van der Waals surface area contributed by atoms with Crippen molar-refractivity contribution >= 4 is 6.08 Å². The Hall–Kier alpha value is -1.67. The molecule has 1 saturated carbocycles. The summed E-state index contributed by atoms with van der Waals surface area (Å²) in [4.78, 5) is 14.5. The summed E-state index contributed by atoms with van der Waals surface area (Å²) in [5.74, 6) is 0.299. The first-order valence-corrected chi connectivity index (χ1v) is 6.06. The molecule has 96 valence electrons. The lowest BCUT2D eigenvalue weighted by Gasteiger charge is -2.24. The van der Waals surface area contributed by atoms with Crippen LogP contribution >= 0.6 is 0 Å². The minimum Gasteiger partial charge on any atom is -0.496 e. The van der Waals surface area contributed by atoms with Gasteiger partial charge in [0, 0.05) is 5.56 Å². The van der Waals surface area contributed by atoms with Gasteiger partial charge in [0.15, 0.2) is 0 Å². The van der Waals surface area contributed by atoms with Crippen molar-refractivity contribution in [2.45, 2.75) is 38.1 Å². The molecule has 0 unspecified atom stereocenters. The third kappa shape index (κ3) is 2.04. The summed E-state index contributed by atoms with van der Waals surface area (Å²) in [5.41, 5.74) is 0.445. The number of isocyanates is 1. The fourth-order valence-corrected chi connectivity index (χ4v) is 2.72. The number of hydrogen-bond acceptors (Lipinski definition) is 3. The highest BCUT2D eigenvalue weighted by molar-refractivity contribution is 5.44. The van der Waals surface area contributed by atoms with Gasteiger partial charge in [-0.25, -0.2) is 9.18 Å². The summed E-state index contributed by atoms with van der Waals surface area (Å²) in [5, 5.41) is 0. The number of halogens is 1. The lowest BCUT2D eigenvalue weighted by atomic mass is 9.87. The molecule has 1 aromatic rings. The third-order valence-electron chi connectivity index (χ3n) is 3.68. The fourth-order valence-electron chi connectivity index (χ4n) is 2.72. The summed E-state index contributed by atoms with van der Waals surface area (Å²) >= 11 is 0. The van der Waals surface area contributed by atoms with E-state index in [-0.39, 0.29) is 5.82 Å². The number of hydrogen-bond donors (Lipinski definition) is 0. The molecule has 0 heterocycles. The second-order valence-corrected chi connectivity index (χ2v) is 4.74. The Balaban J connectivity index is 2.57. The molecule has 4 heteroatoms. The highest BCUT2D eigenvalue weighted by Gasteiger charge is 2.38. The van der Waals surface area contributed by atoms with Crippen LogP contribution in [0.4, 0.5) is 4.39 Å². The Labute approximate surface area is 106 Å². The van der Waals surface area contributed by atoms with E-state index in [0.29, 0.717) is 24.2 Å². The number of benzene rings is 1. The van der Waals surface area contributed by atoms with Gasteiger partial charge in [-0.15, -0.1) is 0 Å². The van der Waals surface area contributed by atoms with E-state index in [1.165, 1.54) is 6.07 Å². The van der Waals surface area contributed by atoms with E-state index in [9.17, 15) is 9.18 Å². The molecular weight excluding hydrogens is 233 g/mol. The maximum Gasteiger partial charge on any atom is 0.235 e. The lowest BCUT2D eigenvalue weighted by molar-refractivity contribution is 0.397. The van der Waals surface area contributed by atoms with Crippen LogP contribution in [0.2, 0.25) is 0 Å². The van der Waals surface area contributed by atoms with Crippen LogP contribution in [0.25, 0.3) is 0 Å². The van der Waals surface area contributed by atoms with E-state index < -0.39 is 5.54 Å². The van der Waals surface area contributed by atoms with Crippen LogP contribution in [-0.4, -0.2) is 13.2 Å². The topological polar surface area (TPSA) is 38.7 Å². The van der Waals surface area contributed by atoms with Crippen molar-refractivity contribution in [1.29, 1.82) is 0 Å². The quantitative estimate of drug-likeness (QED) is 0.609. The molecule has 2 rings (SSSR count). The van der Waals surface area contributed by atoms with Crippen molar-refractivity contribution in [3.05, 3.63) is 29.1 Å². The van der Waals surface area contributed by atoms with Gasteiger partial charge in [0.2, 0.25) is 6.08 Å². The number of rotatable bonds is 3. The molecule has 1 aliphatic rings. The zero-order valence-electron chi connectivity index (χ0n) is 10.6. The van der Waals surface area contributed by atoms with Crippen molar-refractivity contribution in [1.82, 2.24) is 0 Å². The smallest absolute Gasteiger partial charge is 0.235 e. The molecule has 3 nitrogen and oxygen atoms in total. The molecule has 0 N–H and O–H groups in total. The molecule has 1 fully saturated rings. The van der Waals surface area contributed by atoms with Gasteiger partial charge in [-0.05, 0) is 37.5 Å². The van der Waals surface area contributed by atoms with Crippen LogP contribution in [-0.2, 0) is 10.3 Å². The highest BCUT2D eigenvalue weighted by Crippen LogP contribution is 2.44. The monoisotopic (exact) mass is 249 g/mol. The molecule has 1 aromatic carbocycles. The first-order valence-electron chi connectivity index (χ1n) is 6.06. The first-order chi connectivity index (χ1) is 8.63. The third-order valence-corrected chi connectivity index (χ3v) is 3.68. The molecule has 0 bridgehead atoms. The summed E-state index contributed by atoms with van der Waals surface area (Å²) in [6, 6.07) is 3.10. The number of aliphatic imine (C=N–C) groups is 1. The summed E-state index contributed by atoms with van der Waals surface area (Å²) in [6.07, 6.45) is 4.86. The van der Waals surface area contributed by atoms with Gasteiger partial charge in [-0.2, -0.15) is 4.99 Å². The van der Waals surface area contributed by atoms with Gasteiger partial charge >= 0.3 is 0 Å². The van der Waals surface area contributed by atoms with Gasteiger partial charge < -0.3 is 4.74 Å². The molecule has 18 heavy (non-hydrogen) atoms. The lowest BCUT2D eigenvalue weighted by Crippen LogP contribution is -2.21. The standard InChI is InChI=1S/C14H16FNO2/c1-10-7-12(15)11(8-13(10)18-2)14(16-9-17)5-3-4-6-14/h7-8H,3-6H2,1-2H3. The van der Waals surface area contributed by atoms with Crippen LogP contribution < -0.4 is 4.74 Å². The molecule has 0 aliphatic heterocycles. The van der Waals surface area contributed by atoms with Gasteiger partial charge in [0.05, 0.1) is 7.11 Å². The zero-order chi connectivity index (χ0) is 13.2. The van der Waals surface area contributed by atoms with Crippen LogP contribution in [0.5, 0.6) is 5.75 Å². The van der Waals surface area contributed by atoms with Crippen molar-refractivity contribution < 1.29 is 13.9 Å². The van der Waals surface area contributed by atoms with Crippen molar-refractivity contribution in [2.75, 3.05) is 7.11 Å². The maximum atomic E-state index is 14.1. The average Bonchev–Trinajstić information content (AvgIpc) is 2.79. The number of ether oxygens (including phenoxy) is 1. The molecular formula is C14H16FNO2. The Kier molecular flexibility index (Phi) is 3.48. The van der Waals surface area contributed by atoms with Crippen LogP contribution in [0, 0.1) is 12.7 Å². The van der Waals surface area contributed by atoms with E-state index in [0.717, 1.165) is 18.4 Å². The SMILES string of the molecule is COc1cc(C2(N=C=O)CCCC2)c(F)cc1C. The van der Waals surface area contributed by atoms with Crippen molar-refractivity contribution in [3.8, 4) is 5.75 Å². The summed E-state index contributed by atoms with van der Waals surface area (Å²) < 4.78 is 19.4. The molecule has 0 spiro atoms. The predicted octanol–water partition coefficient (Wildman–Crippen LogP) is 3.25.